The lowest BCUT2D eigenvalue weighted by molar-refractivity contribution is 0.0531. The Morgan fingerprint density at radius 3 is 2.85 bits per heavy atom. The lowest BCUT2D eigenvalue weighted by Gasteiger charge is -2.07. The second-order valence-corrected chi connectivity index (χ2v) is 7.61. The Balaban J connectivity index is 2.10. The predicted molar refractivity (Wildman–Crippen MR) is 102 cm³/mol. The average Bonchev–Trinajstić information content (AvgIpc) is 3.19. The number of ether oxygens (including phenoxy) is 1. The summed E-state index contributed by atoms with van der Waals surface area (Å²) < 4.78 is 6.43. The smallest absolute Gasteiger partial charge is 0.348 e. The topological polar surface area (TPSA) is 111 Å². The van der Waals surface area contributed by atoms with E-state index in [1.54, 1.807) is 6.92 Å². The van der Waals surface area contributed by atoms with E-state index in [9.17, 15) is 14.9 Å². The molecule has 3 rings (SSSR count). The van der Waals surface area contributed by atoms with Crippen molar-refractivity contribution in [1.29, 1.82) is 5.26 Å². The summed E-state index contributed by atoms with van der Waals surface area (Å²) in [6, 6.07) is 3.85. The number of nitrogens with zero attached hydrogens (tertiary/aromatic N) is 3. The molecule has 0 radical (unpaired) electrons. The number of aromatic nitrogens is 2. The third-order valence-corrected chi connectivity index (χ3v) is 6.08. The van der Waals surface area contributed by atoms with Gasteiger partial charge in [-0.3, -0.25) is 9.36 Å². The van der Waals surface area contributed by atoms with E-state index >= 15 is 0 Å². The number of nitrogens with two attached hydrogens (primary N) is 1. The van der Waals surface area contributed by atoms with Crippen LogP contribution in [0.3, 0.4) is 0 Å². The van der Waals surface area contributed by atoms with Gasteiger partial charge >= 0.3 is 5.97 Å². The van der Waals surface area contributed by atoms with Crippen LogP contribution in [0.2, 0.25) is 0 Å². The van der Waals surface area contributed by atoms with Gasteiger partial charge in [0, 0.05) is 10.4 Å². The predicted octanol–water partition coefficient (Wildman–Crippen LogP) is 2.76. The molecule has 0 unspecified atom stereocenters. The van der Waals surface area contributed by atoms with E-state index < -0.39 is 5.97 Å². The summed E-state index contributed by atoms with van der Waals surface area (Å²) in [5.41, 5.74) is 6.25. The molecule has 0 aliphatic rings. The fourth-order valence-electron chi connectivity index (χ4n) is 2.59. The van der Waals surface area contributed by atoms with Crippen LogP contribution < -0.4 is 11.3 Å². The first kappa shape index (κ1) is 18.1. The Bertz CT molecular complexity index is 1090. The summed E-state index contributed by atoms with van der Waals surface area (Å²) >= 11 is 2.48. The van der Waals surface area contributed by atoms with Gasteiger partial charge in [0.1, 0.15) is 20.8 Å². The summed E-state index contributed by atoms with van der Waals surface area (Å²) in [5, 5.41) is 10.2. The highest BCUT2D eigenvalue weighted by Gasteiger charge is 2.23. The van der Waals surface area contributed by atoms with E-state index in [1.807, 2.05) is 19.1 Å². The molecule has 0 aliphatic carbocycles. The molecule has 3 aromatic heterocycles. The van der Waals surface area contributed by atoms with Gasteiger partial charge < -0.3 is 10.5 Å². The molecule has 2 N–H and O–H groups in total. The number of thiophene rings is 2. The zero-order valence-corrected chi connectivity index (χ0v) is 15.9. The van der Waals surface area contributed by atoms with Crippen molar-refractivity contribution in [1.82, 2.24) is 9.55 Å². The normalized spacial score (nSPS) is 10.8. The number of nitriles is 1. The maximum atomic E-state index is 12.8. The molecule has 0 saturated carbocycles. The molecule has 0 aliphatic heterocycles. The van der Waals surface area contributed by atoms with Crippen LogP contribution in [-0.2, 0) is 17.7 Å². The summed E-state index contributed by atoms with van der Waals surface area (Å²) in [5.74, 6) is -0.549. The van der Waals surface area contributed by atoms with Crippen molar-refractivity contribution in [3.63, 3.8) is 0 Å². The highest BCUT2D eigenvalue weighted by molar-refractivity contribution is 7.18. The van der Waals surface area contributed by atoms with Gasteiger partial charge in [-0.25, -0.2) is 9.78 Å². The molecule has 0 amide bonds. The van der Waals surface area contributed by atoms with E-state index in [2.05, 4.69) is 4.98 Å². The van der Waals surface area contributed by atoms with Gasteiger partial charge in [-0.15, -0.1) is 22.7 Å². The standard InChI is InChI=1S/C17H16N4O3S2/c1-3-9-5-10-15(25-9)20-8-21(16(10)22)7-12-11(6-18)14(19)26-13(12)17(23)24-4-2/h5,8H,3-4,7,19H2,1-2H3. The first-order chi connectivity index (χ1) is 12.5. The van der Waals surface area contributed by atoms with Crippen LogP contribution in [0.5, 0.6) is 0 Å². The van der Waals surface area contributed by atoms with Crippen LogP contribution >= 0.6 is 22.7 Å². The van der Waals surface area contributed by atoms with Crippen molar-refractivity contribution >= 4 is 43.9 Å². The maximum absolute atomic E-state index is 12.8. The number of hydrogen-bond acceptors (Lipinski definition) is 8. The Labute approximate surface area is 157 Å². The van der Waals surface area contributed by atoms with Crippen molar-refractivity contribution in [3.8, 4) is 6.07 Å². The number of esters is 1. The van der Waals surface area contributed by atoms with Gasteiger partial charge in [0.15, 0.2) is 0 Å². The molecule has 3 aromatic rings. The third kappa shape index (κ3) is 3.09. The molecular formula is C17H16N4O3S2. The summed E-state index contributed by atoms with van der Waals surface area (Å²) in [4.78, 5) is 31.3. The summed E-state index contributed by atoms with van der Waals surface area (Å²) in [6.45, 7) is 3.95. The number of carbonyl (C=O) groups is 1. The van der Waals surface area contributed by atoms with E-state index in [0.717, 1.165) is 22.6 Å². The average molecular weight is 388 g/mol. The summed E-state index contributed by atoms with van der Waals surface area (Å²) in [7, 11) is 0. The number of carbonyl (C=O) groups excluding carboxylic acids is 1. The highest BCUT2D eigenvalue weighted by atomic mass is 32.1. The Morgan fingerprint density at radius 1 is 1.42 bits per heavy atom. The molecule has 26 heavy (non-hydrogen) atoms. The van der Waals surface area contributed by atoms with Crippen molar-refractivity contribution in [2.24, 2.45) is 0 Å². The third-order valence-electron chi connectivity index (χ3n) is 3.85. The molecule has 0 aromatic carbocycles. The first-order valence-corrected chi connectivity index (χ1v) is 9.59. The molecule has 7 nitrogen and oxygen atoms in total. The van der Waals surface area contributed by atoms with Crippen molar-refractivity contribution < 1.29 is 9.53 Å². The molecule has 3 heterocycles. The van der Waals surface area contributed by atoms with Gasteiger partial charge in [-0.05, 0) is 19.4 Å². The minimum Gasteiger partial charge on any atom is -0.462 e. The van der Waals surface area contributed by atoms with Crippen LogP contribution in [0.4, 0.5) is 5.00 Å². The van der Waals surface area contributed by atoms with E-state index in [4.69, 9.17) is 10.5 Å². The monoisotopic (exact) mass is 388 g/mol. The largest absolute Gasteiger partial charge is 0.462 e. The fraction of sp³-hybridized carbons (Fsp3) is 0.294. The zero-order chi connectivity index (χ0) is 18.8. The van der Waals surface area contributed by atoms with Gasteiger partial charge in [-0.2, -0.15) is 5.26 Å². The molecule has 0 spiro atoms. The lowest BCUT2D eigenvalue weighted by atomic mass is 10.1. The van der Waals surface area contributed by atoms with E-state index in [1.165, 1.54) is 22.2 Å². The molecule has 134 valence electrons. The molecule has 9 heteroatoms. The number of aryl methyl sites for hydroxylation is 1. The SMILES string of the molecule is CCOC(=O)c1sc(N)c(C#N)c1Cn1cnc2sc(CC)cc2c1=O. The minimum absolute atomic E-state index is 0.0316. The number of anilines is 1. The van der Waals surface area contributed by atoms with Gasteiger partial charge in [-0.1, -0.05) is 6.92 Å². The van der Waals surface area contributed by atoms with Crippen LogP contribution in [0.1, 0.15) is 39.5 Å². The zero-order valence-electron chi connectivity index (χ0n) is 14.2. The van der Waals surface area contributed by atoms with Crippen molar-refractivity contribution in [2.45, 2.75) is 26.8 Å². The number of hydrogen-bond donors (Lipinski definition) is 1. The molecule has 0 fully saturated rings. The summed E-state index contributed by atoms with van der Waals surface area (Å²) in [6.07, 6.45) is 2.26. The van der Waals surface area contributed by atoms with Crippen molar-refractivity contribution in [2.75, 3.05) is 12.3 Å². The quantitative estimate of drug-likeness (QED) is 0.673. The Kier molecular flexibility index (Phi) is 5.06. The molecule has 0 bridgehead atoms. The Hall–Kier alpha value is -2.70. The second-order valence-electron chi connectivity index (χ2n) is 5.44. The Morgan fingerprint density at radius 2 is 2.19 bits per heavy atom. The van der Waals surface area contributed by atoms with E-state index in [-0.39, 0.29) is 34.2 Å². The first-order valence-electron chi connectivity index (χ1n) is 7.96. The fourth-order valence-corrected chi connectivity index (χ4v) is 4.44. The van der Waals surface area contributed by atoms with Crippen molar-refractivity contribution in [3.05, 3.63) is 43.6 Å². The second kappa shape index (κ2) is 7.27. The van der Waals surface area contributed by atoms with Crippen LogP contribution in [0.25, 0.3) is 10.2 Å². The highest BCUT2D eigenvalue weighted by Crippen LogP contribution is 2.32. The number of fused-ring (bicyclic) bond motifs is 1. The van der Waals surface area contributed by atoms with Gasteiger partial charge in [0.05, 0.1) is 30.4 Å². The lowest BCUT2D eigenvalue weighted by Crippen LogP contribution is -2.21. The number of nitrogen functional groups attached to an aromatic ring is 1. The number of rotatable bonds is 5. The van der Waals surface area contributed by atoms with Gasteiger partial charge in [0.2, 0.25) is 0 Å². The molecule has 0 atom stereocenters. The maximum Gasteiger partial charge on any atom is 0.348 e. The van der Waals surface area contributed by atoms with Crippen LogP contribution in [0, 0.1) is 11.3 Å². The van der Waals surface area contributed by atoms with Crippen LogP contribution in [0.15, 0.2) is 17.2 Å². The van der Waals surface area contributed by atoms with Crippen LogP contribution in [-0.4, -0.2) is 22.1 Å². The van der Waals surface area contributed by atoms with Gasteiger partial charge in [0.25, 0.3) is 5.56 Å². The molecule has 0 saturated heterocycles. The minimum atomic E-state index is -0.549. The van der Waals surface area contributed by atoms with E-state index in [0.29, 0.717) is 15.8 Å². The molecular weight excluding hydrogens is 372 g/mol.